The van der Waals surface area contributed by atoms with E-state index in [2.05, 4.69) is 15.6 Å². The molecule has 6 heteroatoms. The molecule has 0 spiro atoms. The Bertz CT molecular complexity index is 696. The number of carbonyl (C=O) groups is 1. The van der Waals surface area contributed by atoms with Crippen molar-refractivity contribution in [1.29, 1.82) is 0 Å². The fourth-order valence-corrected chi connectivity index (χ4v) is 2.07. The Hall–Kier alpha value is -2.89. The first kappa shape index (κ1) is 17.5. The molecule has 4 N–H and O–H groups in total. The molecule has 2 rings (SSSR count). The molecule has 0 unspecified atom stereocenters. The van der Waals surface area contributed by atoms with Gasteiger partial charge in [0.1, 0.15) is 5.82 Å². The van der Waals surface area contributed by atoms with Gasteiger partial charge in [0.25, 0.3) is 0 Å². The highest BCUT2D eigenvalue weighted by Gasteiger charge is 2.01. The van der Waals surface area contributed by atoms with Crippen LogP contribution in [0.2, 0.25) is 0 Å². The summed E-state index contributed by atoms with van der Waals surface area (Å²) < 4.78 is 12.9. The maximum atomic E-state index is 12.9. The molecule has 24 heavy (non-hydrogen) atoms. The third kappa shape index (κ3) is 5.39. The van der Waals surface area contributed by atoms with Gasteiger partial charge in [-0.25, -0.2) is 9.38 Å². The van der Waals surface area contributed by atoms with Gasteiger partial charge in [0, 0.05) is 18.7 Å². The summed E-state index contributed by atoms with van der Waals surface area (Å²) in [7, 11) is 0. The van der Waals surface area contributed by atoms with Crippen LogP contribution in [0.1, 0.15) is 28.4 Å². The predicted octanol–water partition coefficient (Wildman–Crippen LogP) is 2.18. The van der Waals surface area contributed by atoms with Crippen LogP contribution in [-0.4, -0.2) is 18.4 Å². The van der Waals surface area contributed by atoms with E-state index in [0.29, 0.717) is 24.6 Å². The first-order chi connectivity index (χ1) is 11.6. The van der Waals surface area contributed by atoms with Crippen molar-refractivity contribution < 1.29 is 9.18 Å². The van der Waals surface area contributed by atoms with Gasteiger partial charge in [-0.1, -0.05) is 24.3 Å². The van der Waals surface area contributed by atoms with Crippen LogP contribution in [0.25, 0.3) is 0 Å². The third-order valence-electron chi connectivity index (χ3n) is 3.38. The molecule has 126 valence electrons. The van der Waals surface area contributed by atoms with E-state index in [1.165, 1.54) is 12.1 Å². The number of hydrogen-bond donors (Lipinski definition) is 3. The number of nitrogens with two attached hydrogens (primary N) is 1. The molecule has 0 aliphatic rings. The second-order valence-electron chi connectivity index (χ2n) is 5.24. The van der Waals surface area contributed by atoms with E-state index >= 15 is 0 Å². The smallest absolute Gasteiger partial charge is 0.248 e. The molecule has 0 aliphatic carbocycles. The van der Waals surface area contributed by atoms with E-state index in [1.807, 2.05) is 19.1 Å². The maximum absolute atomic E-state index is 12.9. The van der Waals surface area contributed by atoms with Crippen LogP contribution < -0.4 is 16.4 Å². The minimum atomic E-state index is -0.445. The predicted molar refractivity (Wildman–Crippen MR) is 93.0 cm³/mol. The largest absolute Gasteiger partial charge is 0.366 e. The van der Waals surface area contributed by atoms with Crippen molar-refractivity contribution in [3.63, 3.8) is 0 Å². The Morgan fingerprint density at radius 1 is 1.04 bits per heavy atom. The number of nitrogens with one attached hydrogen (secondary N) is 2. The van der Waals surface area contributed by atoms with E-state index in [-0.39, 0.29) is 5.82 Å². The lowest BCUT2D eigenvalue weighted by molar-refractivity contribution is 0.100. The maximum Gasteiger partial charge on any atom is 0.248 e. The minimum Gasteiger partial charge on any atom is -0.366 e. The lowest BCUT2D eigenvalue weighted by Crippen LogP contribution is -2.36. The first-order valence-corrected chi connectivity index (χ1v) is 7.74. The molecule has 1 amide bonds. The topological polar surface area (TPSA) is 79.5 Å². The number of halogens is 1. The summed E-state index contributed by atoms with van der Waals surface area (Å²) in [5.41, 5.74) is 7.63. The van der Waals surface area contributed by atoms with Crippen molar-refractivity contribution in [2.75, 3.05) is 6.54 Å². The van der Waals surface area contributed by atoms with Gasteiger partial charge in [0.15, 0.2) is 5.96 Å². The normalized spacial score (nSPS) is 11.2. The van der Waals surface area contributed by atoms with Gasteiger partial charge < -0.3 is 16.4 Å². The lowest BCUT2D eigenvalue weighted by atomic mass is 10.1. The van der Waals surface area contributed by atoms with Gasteiger partial charge in [-0.2, -0.15) is 0 Å². The quantitative estimate of drug-likeness (QED) is 0.562. The van der Waals surface area contributed by atoms with E-state index in [9.17, 15) is 9.18 Å². The number of carbonyl (C=O) groups excluding carboxylic acids is 1. The second-order valence-corrected chi connectivity index (χ2v) is 5.24. The summed E-state index contributed by atoms with van der Waals surface area (Å²) in [4.78, 5) is 15.6. The van der Waals surface area contributed by atoms with E-state index < -0.39 is 5.91 Å². The van der Waals surface area contributed by atoms with Gasteiger partial charge in [0.2, 0.25) is 5.91 Å². The molecule has 0 heterocycles. The van der Waals surface area contributed by atoms with Gasteiger partial charge in [-0.05, 0) is 42.3 Å². The number of aliphatic imine (C=N–C) groups is 1. The first-order valence-electron chi connectivity index (χ1n) is 7.74. The Morgan fingerprint density at radius 3 is 2.25 bits per heavy atom. The zero-order chi connectivity index (χ0) is 17.4. The molecule has 0 atom stereocenters. The molecular formula is C18H21FN4O. The molecule has 5 nitrogen and oxygen atoms in total. The number of amides is 1. The summed E-state index contributed by atoms with van der Waals surface area (Å²) in [6.07, 6.45) is 0. The summed E-state index contributed by atoms with van der Waals surface area (Å²) >= 11 is 0. The monoisotopic (exact) mass is 328 g/mol. The summed E-state index contributed by atoms with van der Waals surface area (Å²) in [6.45, 7) is 3.73. The standard InChI is InChI=1S/C18H21FN4O/c1-2-21-18(23-12-14-5-9-16(19)10-6-14)22-11-13-3-7-15(8-4-13)17(20)24/h3-10H,2,11-12H2,1H3,(H2,20,24)(H2,21,22,23). The second kappa shape index (κ2) is 8.67. The van der Waals surface area contributed by atoms with E-state index in [0.717, 1.165) is 17.7 Å². The molecule has 0 aromatic heterocycles. The molecule has 0 bridgehead atoms. The average molecular weight is 328 g/mol. The number of hydrogen-bond acceptors (Lipinski definition) is 2. The molecule has 2 aromatic rings. The molecule has 0 fully saturated rings. The van der Waals surface area contributed by atoms with Crippen LogP contribution in [0.3, 0.4) is 0 Å². The Labute approximate surface area is 140 Å². The highest BCUT2D eigenvalue weighted by atomic mass is 19.1. The van der Waals surface area contributed by atoms with Crippen LogP contribution in [0.4, 0.5) is 4.39 Å². The molecule has 0 radical (unpaired) electrons. The summed E-state index contributed by atoms with van der Waals surface area (Å²) in [5.74, 6) is -0.0288. The fourth-order valence-electron chi connectivity index (χ4n) is 2.07. The summed E-state index contributed by atoms with van der Waals surface area (Å²) in [6, 6.07) is 13.4. The highest BCUT2D eigenvalue weighted by Crippen LogP contribution is 2.05. The third-order valence-corrected chi connectivity index (χ3v) is 3.38. The Morgan fingerprint density at radius 2 is 1.67 bits per heavy atom. The van der Waals surface area contributed by atoms with Gasteiger partial charge >= 0.3 is 0 Å². The Kier molecular flexibility index (Phi) is 6.31. The number of nitrogens with zero attached hydrogens (tertiary/aromatic N) is 1. The zero-order valence-electron chi connectivity index (χ0n) is 13.6. The van der Waals surface area contributed by atoms with Crippen molar-refractivity contribution in [2.24, 2.45) is 10.7 Å². The van der Waals surface area contributed by atoms with Crippen molar-refractivity contribution in [2.45, 2.75) is 20.0 Å². The van der Waals surface area contributed by atoms with Crippen LogP contribution in [0.15, 0.2) is 53.5 Å². The molecule has 0 aliphatic heterocycles. The van der Waals surface area contributed by atoms with Crippen molar-refractivity contribution >= 4 is 11.9 Å². The van der Waals surface area contributed by atoms with Gasteiger partial charge in [0.05, 0.1) is 6.54 Å². The van der Waals surface area contributed by atoms with E-state index in [1.54, 1.807) is 24.3 Å². The lowest BCUT2D eigenvalue weighted by Gasteiger charge is -2.11. The zero-order valence-corrected chi connectivity index (χ0v) is 13.6. The molecular weight excluding hydrogens is 307 g/mol. The average Bonchev–Trinajstić information content (AvgIpc) is 2.59. The minimum absolute atomic E-state index is 0.251. The van der Waals surface area contributed by atoms with Gasteiger partial charge in [-0.3, -0.25) is 4.79 Å². The highest BCUT2D eigenvalue weighted by molar-refractivity contribution is 5.92. The SMILES string of the molecule is CCNC(=NCc1ccc(C(N)=O)cc1)NCc1ccc(F)cc1. The fraction of sp³-hybridized carbons (Fsp3) is 0.222. The summed E-state index contributed by atoms with van der Waals surface area (Å²) in [5, 5.41) is 6.35. The molecule has 2 aromatic carbocycles. The number of guanidine groups is 1. The van der Waals surface area contributed by atoms with Gasteiger partial charge in [-0.15, -0.1) is 0 Å². The number of benzene rings is 2. The van der Waals surface area contributed by atoms with Crippen LogP contribution in [0.5, 0.6) is 0 Å². The van der Waals surface area contributed by atoms with Crippen LogP contribution >= 0.6 is 0 Å². The van der Waals surface area contributed by atoms with Crippen LogP contribution in [0, 0.1) is 5.82 Å². The number of rotatable bonds is 6. The van der Waals surface area contributed by atoms with Crippen LogP contribution in [-0.2, 0) is 13.1 Å². The van der Waals surface area contributed by atoms with Crippen molar-refractivity contribution in [3.8, 4) is 0 Å². The Balaban J connectivity index is 1.96. The number of primary amides is 1. The molecule has 0 saturated heterocycles. The van der Waals surface area contributed by atoms with Crippen molar-refractivity contribution in [1.82, 2.24) is 10.6 Å². The van der Waals surface area contributed by atoms with Crippen molar-refractivity contribution in [3.05, 3.63) is 71.0 Å². The molecule has 0 saturated carbocycles. The van der Waals surface area contributed by atoms with E-state index in [4.69, 9.17) is 5.73 Å².